The standard InChI is InChI=1S/C18H20N2O3/c1-3-23-15-11-16(21)20-10-4-5-14(20)17(15)18(22)19-13-8-6-12(2)7-9-13/h6-9,11H,3-5,10H2,1-2H3,(H,19,22). The van der Waals surface area contributed by atoms with Gasteiger partial charge in [-0.2, -0.15) is 0 Å². The van der Waals surface area contributed by atoms with Gasteiger partial charge in [-0.1, -0.05) is 17.7 Å². The molecule has 0 aliphatic carbocycles. The summed E-state index contributed by atoms with van der Waals surface area (Å²) >= 11 is 0. The van der Waals surface area contributed by atoms with Crippen LogP contribution < -0.4 is 15.6 Å². The van der Waals surface area contributed by atoms with Crippen molar-refractivity contribution in [3.63, 3.8) is 0 Å². The Kier molecular flexibility index (Phi) is 4.19. The fourth-order valence-electron chi connectivity index (χ4n) is 2.92. The third-order valence-corrected chi connectivity index (χ3v) is 4.01. The van der Waals surface area contributed by atoms with E-state index in [-0.39, 0.29) is 11.5 Å². The number of aromatic nitrogens is 1. The topological polar surface area (TPSA) is 60.3 Å². The highest BCUT2D eigenvalue weighted by Crippen LogP contribution is 2.26. The highest BCUT2D eigenvalue weighted by molar-refractivity contribution is 6.07. The summed E-state index contributed by atoms with van der Waals surface area (Å²) in [6.07, 6.45) is 1.59. The number of pyridine rings is 1. The Bertz CT molecular complexity index is 791. The quantitative estimate of drug-likeness (QED) is 0.944. The summed E-state index contributed by atoms with van der Waals surface area (Å²) in [4.78, 5) is 24.9. The van der Waals surface area contributed by atoms with Crippen molar-refractivity contribution in [1.29, 1.82) is 0 Å². The largest absolute Gasteiger partial charge is 0.493 e. The zero-order chi connectivity index (χ0) is 16.4. The molecule has 0 unspecified atom stereocenters. The lowest BCUT2D eigenvalue weighted by molar-refractivity contribution is 0.102. The Balaban J connectivity index is 2.00. The van der Waals surface area contributed by atoms with Gasteiger partial charge in [-0.25, -0.2) is 0 Å². The van der Waals surface area contributed by atoms with E-state index in [4.69, 9.17) is 4.74 Å². The van der Waals surface area contributed by atoms with Gasteiger partial charge in [0.05, 0.1) is 6.61 Å². The van der Waals surface area contributed by atoms with Crippen LogP contribution in [0.1, 0.15) is 35.0 Å². The summed E-state index contributed by atoms with van der Waals surface area (Å²) in [5, 5.41) is 2.90. The normalized spacial score (nSPS) is 12.8. The van der Waals surface area contributed by atoms with Crippen molar-refractivity contribution in [3.8, 4) is 5.75 Å². The summed E-state index contributed by atoms with van der Waals surface area (Å²) in [6.45, 7) is 4.90. The Morgan fingerprint density at radius 3 is 2.74 bits per heavy atom. The molecule has 1 aromatic heterocycles. The minimum absolute atomic E-state index is 0.104. The van der Waals surface area contributed by atoms with Crippen molar-refractivity contribution in [3.05, 3.63) is 57.5 Å². The molecule has 1 aliphatic heterocycles. The van der Waals surface area contributed by atoms with Crippen molar-refractivity contribution in [2.75, 3.05) is 11.9 Å². The van der Waals surface area contributed by atoms with E-state index in [0.717, 1.165) is 23.4 Å². The summed E-state index contributed by atoms with van der Waals surface area (Å²) in [5.41, 5.74) is 3.00. The smallest absolute Gasteiger partial charge is 0.261 e. The Morgan fingerprint density at radius 1 is 1.30 bits per heavy atom. The number of fused-ring (bicyclic) bond motifs is 1. The fraction of sp³-hybridized carbons (Fsp3) is 0.333. The minimum Gasteiger partial charge on any atom is -0.493 e. The number of nitrogens with zero attached hydrogens (tertiary/aromatic N) is 1. The first-order chi connectivity index (χ1) is 11.1. The molecule has 2 heterocycles. The molecule has 1 amide bonds. The monoisotopic (exact) mass is 312 g/mol. The van der Waals surface area contributed by atoms with Crippen LogP contribution in [0.4, 0.5) is 5.69 Å². The Morgan fingerprint density at radius 2 is 2.04 bits per heavy atom. The molecule has 1 aromatic carbocycles. The molecule has 5 nitrogen and oxygen atoms in total. The molecule has 120 valence electrons. The summed E-state index contributed by atoms with van der Waals surface area (Å²) < 4.78 is 7.22. The molecule has 2 aromatic rings. The van der Waals surface area contributed by atoms with Gasteiger partial charge in [-0.05, 0) is 38.8 Å². The summed E-state index contributed by atoms with van der Waals surface area (Å²) in [5.74, 6) is 0.137. The molecule has 0 saturated heterocycles. The lowest BCUT2D eigenvalue weighted by atomic mass is 10.1. The molecule has 3 rings (SSSR count). The average Bonchev–Trinajstić information content (AvgIpc) is 3.00. The number of anilines is 1. The zero-order valence-electron chi connectivity index (χ0n) is 13.4. The number of carbonyl (C=O) groups is 1. The third kappa shape index (κ3) is 2.99. The molecular formula is C18H20N2O3. The van der Waals surface area contributed by atoms with E-state index in [1.165, 1.54) is 6.07 Å². The lowest BCUT2D eigenvalue weighted by Gasteiger charge is -2.15. The highest BCUT2D eigenvalue weighted by Gasteiger charge is 2.25. The first-order valence-corrected chi connectivity index (χ1v) is 7.87. The van der Waals surface area contributed by atoms with Crippen LogP contribution in [0.3, 0.4) is 0 Å². The van der Waals surface area contributed by atoms with E-state index in [0.29, 0.717) is 30.9 Å². The third-order valence-electron chi connectivity index (χ3n) is 4.01. The van der Waals surface area contributed by atoms with Gasteiger partial charge in [0, 0.05) is 24.0 Å². The second-order valence-electron chi connectivity index (χ2n) is 5.68. The highest BCUT2D eigenvalue weighted by atomic mass is 16.5. The number of benzene rings is 1. The van der Waals surface area contributed by atoms with Gasteiger partial charge in [0.25, 0.3) is 11.5 Å². The number of hydrogen-bond donors (Lipinski definition) is 1. The molecule has 0 bridgehead atoms. The van der Waals surface area contributed by atoms with Gasteiger partial charge in [-0.3, -0.25) is 9.59 Å². The van der Waals surface area contributed by atoms with Crippen molar-refractivity contribution in [2.45, 2.75) is 33.2 Å². The fourth-order valence-corrected chi connectivity index (χ4v) is 2.92. The van der Waals surface area contributed by atoms with Crippen molar-refractivity contribution in [2.24, 2.45) is 0 Å². The zero-order valence-corrected chi connectivity index (χ0v) is 13.4. The predicted molar refractivity (Wildman–Crippen MR) is 89.3 cm³/mol. The average molecular weight is 312 g/mol. The maximum Gasteiger partial charge on any atom is 0.261 e. The number of hydrogen-bond acceptors (Lipinski definition) is 3. The van der Waals surface area contributed by atoms with Crippen LogP contribution in [0.15, 0.2) is 35.1 Å². The molecule has 0 fully saturated rings. The second kappa shape index (κ2) is 6.28. The van der Waals surface area contributed by atoms with E-state index in [9.17, 15) is 9.59 Å². The van der Waals surface area contributed by atoms with Crippen molar-refractivity contribution >= 4 is 11.6 Å². The van der Waals surface area contributed by atoms with Crippen LogP contribution in [0, 0.1) is 6.92 Å². The molecule has 0 atom stereocenters. The van der Waals surface area contributed by atoms with Gasteiger partial charge in [0.15, 0.2) is 0 Å². The van der Waals surface area contributed by atoms with E-state index in [1.807, 2.05) is 38.1 Å². The number of nitrogens with one attached hydrogen (secondary N) is 1. The van der Waals surface area contributed by atoms with Crippen molar-refractivity contribution in [1.82, 2.24) is 4.57 Å². The number of rotatable bonds is 4. The molecule has 23 heavy (non-hydrogen) atoms. The molecule has 0 saturated carbocycles. The molecule has 1 N–H and O–H groups in total. The van der Waals surface area contributed by atoms with Crippen LogP contribution in [-0.4, -0.2) is 17.1 Å². The lowest BCUT2D eigenvalue weighted by Crippen LogP contribution is -2.25. The van der Waals surface area contributed by atoms with Gasteiger partial charge < -0.3 is 14.6 Å². The Labute approximate surface area is 134 Å². The summed E-state index contributed by atoms with van der Waals surface area (Å²) in [6, 6.07) is 9.03. The SMILES string of the molecule is CCOc1cc(=O)n2c(c1C(=O)Nc1ccc(C)cc1)CCC2. The summed E-state index contributed by atoms with van der Waals surface area (Å²) in [7, 11) is 0. The predicted octanol–water partition coefficient (Wildman–Crippen LogP) is 2.75. The van der Waals surface area contributed by atoms with Gasteiger partial charge in [-0.15, -0.1) is 0 Å². The van der Waals surface area contributed by atoms with E-state index < -0.39 is 0 Å². The first kappa shape index (κ1) is 15.3. The van der Waals surface area contributed by atoms with Crippen LogP contribution in [-0.2, 0) is 13.0 Å². The van der Waals surface area contributed by atoms with Crippen LogP contribution in [0.5, 0.6) is 5.75 Å². The van der Waals surface area contributed by atoms with E-state index in [2.05, 4.69) is 5.32 Å². The maximum absolute atomic E-state index is 12.8. The second-order valence-corrected chi connectivity index (χ2v) is 5.68. The Hall–Kier alpha value is -2.56. The maximum atomic E-state index is 12.8. The van der Waals surface area contributed by atoms with E-state index >= 15 is 0 Å². The van der Waals surface area contributed by atoms with Crippen LogP contribution in [0.2, 0.25) is 0 Å². The van der Waals surface area contributed by atoms with Crippen LogP contribution in [0.25, 0.3) is 0 Å². The minimum atomic E-state index is -0.233. The van der Waals surface area contributed by atoms with Gasteiger partial charge >= 0.3 is 0 Å². The van der Waals surface area contributed by atoms with Gasteiger partial charge in [0.1, 0.15) is 11.3 Å². The molecule has 0 spiro atoms. The number of carbonyl (C=O) groups excluding carboxylic acids is 1. The number of ether oxygens (including phenoxy) is 1. The van der Waals surface area contributed by atoms with E-state index in [1.54, 1.807) is 4.57 Å². The first-order valence-electron chi connectivity index (χ1n) is 7.87. The molecular weight excluding hydrogens is 292 g/mol. The van der Waals surface area contributed by atoms with Crippen molar-refractivity contribution < 1.29 is 9.53 Å². The van der Waals surface area contributed by atoms with Crippen LogP contribution >= 0.6 is 0 Å². The molecule has 0 radical (unpaired) electrons. The molecule has 5 heteroatoms. The number of aryl methyl sites for hydroxylation is 1. The number of amides is 1. The molecule has 1 aliphatic rings. The van der Waals surface area contributed by atoms with Gasteiger partial charge in [0.2, 0.25) is 0 Å².